The van der Waals surface area contributed by atoms with Crippen molar-refractivity contribution in [1.82, 2.24) is 0 Å². The van der Waals surface area contributed by atoms with E-state index in [9.17, 15) is 14.4 Å². The summed E-state index contributed by atoms with van der Waals surface area (Å²) < 4.78 is 16.8. The Labute approximate surface area is 487 Å². The summed E-state index contributed by atoms with van der Waals surface area (Å²) >= 11 is 0. The highest BCUT2D eigenvalue weighted by molar-refractivity contribution is 5.72. The van der Waals surface area contributed by atoms with Crippen molar-refractivity contribution < 1.29 is 28.6 Å². The van der Waals surface area contributed by atoms with Gasteiger partial charge in [0.25, 0.3) is 0 Å². The summed E-state index contributed by atoms with van der Waals surface area (Å²) in [6.07, 6.45) is 94.5. The number of esters is 3. The molecule has 6 nitrogen and oxygen atoms in total. The molecule has 0 aromatic carbocycles. The molecule has 0 amide bonds. The molecule has 446 valence electrons. The number of hydrogen-bond donors (Lipinski definition) is 0. The van der Waals surface area contributed by atoms with Crippen LogP contribution in [0.3, 0.4) is 0 Å². The van der Waals surface area contributed by atoms with Crippen LogP contribution < -0.4 is 0 Å². The van der Waals surface area contributed by atoms with E-state index in [4.69, 9.17) is 14.2 Å². The number of unbranched alkanes of at least 4 members (excludes halogenated alkanes) is 23. The first-order chi connectivity index (χ1) is 39.0. The summed E-state index contributed by atoms with van der Waals surface area (Å²) in [5.41, 5.74) is 0. The van der Waals surface area contributed by atoms with Gasteiger partial charge in [0.15, 0.2) is 6.10 Å². The van der Waals surface area contributed by atoms with Gasteiger partial charge in [0.1, 0.15) is 13.2 Å². The molecule has 79 heavy (non-hydrogen) atoms. The minimum Gasteiger partial charge on any atom is -0.462 e. The Morgan fingerprint density at radius 2 is 0.544 bits per heavy atom. The number of allylic oxidation sites excluding steroid dienone is 23. The maximum atomic E-state index is 12.9. The van der Waals surface area contributed by atoms with Crippen LogP contribution in [0.15, 0.2) is 146 Å². The van der Waals surface area contributed by atoms with Gasteiger partial charge in [-0.15, -0.1) is 0 Å². The predicted octanol–water partition coefficient (Wildman–Crippen LogP) is 22.3. The lowest BCUT2D eigenvalue weighted by Gasteiger charge is -2.18. The first-order valence-electron chi connectivity index (χ1n) is 32.3. The number of carbonyl (C=O) groups excluding carboxylic acids is 3. The molecule has 0 rings (SSSR count). The summed E-state index contributed by atoms with van der Waals surface area (Å²) in [7, 11) is 0. The summed E-state index contributed by atoms with van der Waals surface area (Å²) in [5.74, 6) is -1.07. The molecule has 0 aromatic heterocycles. The van der Waals surface area contributed by atoms with Crippen LogP contribution in [-0.4, -0.2) is 37.2 Å². The molecule has 0 bridgehead atoms. The normalized spacial score (nSPS) is 13.1. The van der Waals surface area contributed by atoms with Gasteiger partial charge >= 0.3 is 17.9 Å². The molecule has 1 atom stereocenters. The summed E-state index contributed by atoms with van der Waals surface area (Å²) in [4.78, 5) is 38.3. The van der Waals surface area contributed by atoms with Gasteiger partial charge in [0.05, 0.1) is 6.42 Å². The van der Waals surface area contributed by atoms with Crippen LogP contribution in [0.25, 0.3) is 0 Å². The molecule has 0 aliphatic rings. The molecule has 1 unspecified atom stereocenters. The standard InChI is InChI=1S/C73H118O6/c1-4-7-10-13-16-19-22-25-28-30-32-34-35-36-37-39-40-42-45-48-51-54-57-60-63-66-72(75)78-69-70(68-77-71(74)65-62-59-56-53-50-47-44-27-24-21-18-15-12-9-6-3)79-73(76)67-64-61-58-55-52-49-46-43-41-38-33-31-29-26-23-20-17-14-11-8-5-2/h7,9-10,12,16,18-19,21,25,27-28,31-34,36-37,40,42,44,50,53,59,62,70H,4-6,8,11,13-15,17,20,22-24,26,29-30,35,38-39,41,43,45-49,51-52,54-58,60-61,63-69H2,1-3H3/b10-7-,12-9-,19-16-,21-18-,28-25-,33-31-,34-32-,37-36-,42-40-,44-27-,53-50-,62-59-. The van der Waals surface area contributed by atoms with Crippen molar-refractivity contribution >= 4 is 17.9 Å². The zero-order valence-electron chi connectivity index (χ0n) is 51.1. The number of rotatable bonds is 57. The highest BCUT2D eigenvalue weighted by atomic mass is 16.6. The molecule has 0 heterocycles. The predicted molar refractivity (Wildman–Crippen MR) is 343 cm³/mol. The highest BCUT2D eigenvalue weighted by Crippen LogP contribution is 2.15. The van der Waals surface area contributed by atoms with E-state index in [1.54, 1.807) is 6.08 Å². The third kappa shape index (κ3) is 64.0. The first-order valence-corrected chi connectivity index (χ1v) is 32.3. The maximum Gasteiger partial charge on any atom is 0.309 e. The maximum absolute atomic E-state index is 12.9. The van der Waals surface area contributed by atoms with Crippen molar-refractivity contribution in [2.24, 2.45) is 0 Å². The molecular formula is C73H118O6. The van der Waals surface area contributed by atoms with Gasteiger partial charge in [-0.25, -0.2) is 0 Å². The summed E-state index contributed by atoms with van der Waals surface area (Å²) in [5, 5.41) is 0. The molecule has 0 saturated carbocycles. The molecule has 0 N–H and O–H groups in total. The van der Waals surface area contributed by atoms with Gasteiger partial charge in [-0.1, -0.05) is 282 Å². The second kappa shape index (κ2) is 65.8. The van der Waals surface area contributed by atoms with Gasteiger partial charge in [-0.3, -0.25) is 14.4 Å². The summed E-state index contributed by atoms with van der Waals surface area (Å²) in [6.45, 7) is 6.32. The van der Waals surface area contributed by atoms with Crippen molar-refractivity contribution in [3.63, 3.8) is 0 Å². The Morgan fingerprint density at radius 1 is 0.278 bits per heavy atom. The molecule has 0 fully saturated rings. The fraction of sp³-hybridized carbons (Fsp3) is 0.630. The SMILES string of the molecule is CC/C=C\C/C=C\C/C=C\C/C=C\C/C=C\C/C=C\CCCCCCCCC(=O)OCC(COC(=O)C/C=C\C/C=C\C/C=C\C/C=C\C/C=C\CC)OC(=O)CCCCCCCCCCC/C=C\CCCCCCCCCC. The summed E-state index contributed by atoms with van der Waals surface area (Å²) in [6, 6.07) is 0. The van der Waals surface area contributed by atoms with Crippen LogP contribution in [0.4, 0.5) is 0 Å². The average Bonchev–Trinajstić information content (AvgIpc) is 3.45. The van der Waals surface area contributed by atoms with E-state index in [2.05, 4.69) is 154 Å². The molecule has 6 heteroatoms. The van der Waals surface area contributed by atoms with Gasteiger partial charge in [0.2, 0.25) is 0 Å². The number of ether oxygens (including phenoxy) is 3. The van der Waals surface area contributed by atoms with Crippen LogP contribution in [0.5, 0.6) is 0 Å². The highest BCUT2D eigenvalue weighted by Gasteiger charge is 2.19. The molecule has 0 aliphatic carbocycles. The molecule has 0 aromatic rings. The lowest BCUT2D eigenvalue weighted by Crippen LogP contribution is -2.30. The van der Waals surface area contributed by atoms with Crippen molar-refractivity contribution in [1.29, 1.82) is 0 Å². The lowest BCUT2D eigenvalue weighted by molar-refractivity contribution is -0.166. The molecule has 0 radical (unpaired) electrons. The van der Waals surface area contributed by atoms with Crippen LogP contribution in [0.1, 0.15) is 278 Å². The van der Waals surface area contributed by atoms with Crippen LogP contribution in [-0.2, 0) is 28.6 Å². The van der Waals surface area contributed by atoms with E-state index in [1.807, 2.05) is 6.08 Å². The third-order valence-electron chi connectivity index (χ3n) is 13.3. The topological polar surface area (TPSA) is 78.9 Å². The van der Waals surface area contributed by atoms with E-state index < -0.39 is 12.1 Å². The third-order valence-corrected chi connectivity index (χ3v) is 13.3. The smallest absolute Gasteiger partial charge is 0.309 e. The zero-order chi connectivity index (χ0) is 57.1. The van der Waals surface area contributed by atoms with E-state index in [0.717, 1.165) is 122 Å². The average molecular weight is 1090 g/mol. The van der Waals surface area contributed by atoms with Crippen molar-refractivity contribution in [3.05, 3.63) is 146 Å². The van der Waals surface area contributed by atoms with E-state index in [0.29, 0.717) is 12.8 Å². The Bertz CT molecular complexity index is 1730. The Balaban J connectivity index is 4.48. The number of carbonyl (C=O) groups is 3. The fourth-order valence-electron chi connectivity index (χ4n) is 8.57. The zero-order valence-corrected chi connectivity index (χ0v) is 51.1. The fourth-order valence-corrected chi connectivity index (χ4v) is 8.57. The van der Waals surface area contributed by atoms with E-state index in [1.165, 1.54) is 116 Å². The Kier molecular flexibility index (Phi) is 61.9. The second-order valence-corrected chi connectivity index (χ2v) is 20.9. The van der Waals surface area contributed by atoms with Crippen LogP contribution in [0.2, 0.25) is 0 Å². The lowest BCUT2D eigenvalue weighted by atomic mass is 10.1. The first kappa shape index (κ1) is 74.3. The Morgan fingerprint density at radius 3 is 0.899 bits per heavy atom. The molecule has 0 spiro atoms. The minimum absolute atomic E-state index is 0.118. The van der Waals surface area contributed by atoms with Gasteiger partial charge < -0.3 is 14.2 Å². The van der Waals surface area contributed by atoms with E-state index >= 15 is 0 Å². The molecular weight excluding hydrogens is 973 g/mol. The van der Waals surface area contributed by atoms with Crippen LogP contribution >= 0.6 is 0 Å². The van der Waals surface area contributed by atoms with Gasteiger partial charge in [0, 0.05) is 12.8 Å². The second-order valence-electron chi connectivity index (χ2n) is 20.9. The monoisotopic (exact) mass is 1090 g/mol. The van der Waals surface area contributed by atoms with Crippen molar-refractivity contribution in [2.75, 3.05) is 13.2 Å². The van der Waals surface area contributed by atoms with E-state index in [-0.39, 0.29) is 31.6 Å². The van der Waals surface area contributed by atoms with Gasteiger partial charge in [-0.05, 0) is 122 Å². The van der Waals surface area contributed by atoms with Gasteiger partial charge in [-0.2, -0.15) is 0 Å². The Hall–Kier alpha value is -4.71. The van der Waals surface area contributed by atoms with Crippen LogP contribution in [0, 0.1) is 0 Å². The minimum atomic E-state index is -0.833. The largest absolute Gasteiger partial charge is 0.462 e. The molecule has 0 aliphatic heterocycles. The van der Waals surface area contributed by atoms with Crippen molar-refractivity contribution in [3.8, 4) is 0 Å². The molecule has 0 saturated heterocycles. The van der Waals surface area contributed by atoms with Crippen molar-refractivity contribution in [2.45, 2.75) is 284 Å². The quantitative estimate of drug-likeness (QED) is 0.0261. The number of hydrogen-bond acceptors (Lipinski definition) is 6.